The van der Waals surface area contributed by atoms with E-state index in [1.807, 2.05) is 11.3 Å². The van der Waals surface area contributed by atoms with E-state index < -0.39 is 0 Å². The Hall–Kier alpha value is -0.610. The molecule has 3 nitrogen and oxygen atoms in total. The third kappa shape index (κ3) is 4.74. The van der Waals surface area contributed by atoms with Gasteiger partial charge < -0.3 is 10.2 Å². The minimum atomic E-state index is 0.140. The minimum absolute atomic E-state index is 0.140. The summed E-state index contributed by atoms with van der Waals surface area (Å²) in [6.45, 7) is 16.4. The highest BCUT2D eigenvalue weighted by molar-refractivity contribution is 7.15. The van der Waals surface area contributed by atoms with E-state index in [0.29, 0.717) is 12.0 Å². The van der Waals surface area contributed by atoms with Crippen LogP contribution < -0.4 is 10.2 Å². The van der Waals surface area contributed by atoms with Gasteiger partial charge in [-0.1, -0.05) is 13.8 Å². The van der Waals surface area contributed by atoms with Crippen LogP contribution >= 0.6 is 11.3 Å². The van der Waals surface area contributed by atoms with Crippen LogP contribution in [-0.2, 0) is 6.54 Å². The molecule has 0 bridgehead atoms. The van der Waals surface area contributed by atoms with Gasteiger partial charge >= 0.3 is 0 Å². The Bertz CT molecular complexity index is 418. The molecule has 1 rings (SSSR count). The van der Waals surface area contributed by atoms with Crippen molar-refractivity contribution in [1.82, 2.24) is 10.3 Å². The maximum absolute atomic E-state index is 4.91. The predicted octanol–water partition coefficient (Wildman–Crippen LogP) is 4.39. The molecule has 0 aliphatic heterocycles. The van der Waals surface area contributed by atoms with Gasteiger partial charge in [0, 0.05) is 30.1 Å². The predicted molar refractivity (Wildman–Crippen MR) is 91.0 cm³/mol. The second-order valence-electron chi connectivity index (χ2n) is 6.92. The lowest BCUT2D eigenvalue weighted by Crippen LogP contribution is -2.35. The van der Waals surface area contributed by atoms with Crippen molar-refractivity contribution in [2.24, 2.45) is 0 Å². The molecule has 1 atom stereocenters. The van der Waals surface area contributed by atoms with Crippen LogP contribution in [0.15, 0.2) is 0 Å². The third-order valence-electron chi connectivity index (χ3n) is 3.65. The van der Waals surface area contributed by atoms with Crippen LogP contribution in [0, 0.1) is 0 Å². The molecule has 0 radical (unpaired) electrons. The number of hydrogen-bond acceptors (Lipinski definition) is 4. The Morgan fingerprint density at radius 2 is 1.85 bits per heavy atom. The van der Waals surface area contributed by atoms with Gasteiger partial charge in [0.2, 0.25) is 0 Å². The molecule has 0 fully saturated rings. The molecule has 1 aromatic heterocycles. The van der Waals surface area contributed by atoms with Gasteiger partial charge in [0.05, 0.1) is 5.69 Å². The van der Waals surface area contributed by atoms with Crippen molar-refractivity contribution >= 4 is 16.5 Å². The standard InChI is InChI=1S/C16H31N3S/c1-9-12(4)14-13(10-17-16(5,6)7)20-15(18-14)19(8)11(2)3/h11-12,17H,9-10H2,1-8H3. The fourth-order valence-electron chi connectivity index (χ4n) is 1.77. The van der Waals surface area contributed by atoms with E-state index in [1.54, 1.807) is 0 Å². The molecular formula is C16H31N3S. The zero-order chi connectivity index (χ0) is 15.5. The number of anilines is 1. The lowest BCUT2D eigenvalue weighted by atomic mass is 10.0. The summed E-state index contributed by atoms with van der Waals surface area (Å²) >= 11 is 1.83. The van der Waals surface area contributed by atoms with Crippen LogP contribution in [0.5, 0.6) is 0 Å². The van der Waals surface area contributed by atoms with Gasteiger partial charge in [0.1, 0.15) is 0 Å². The molecule has 1 unspecified atom stereocenters. The molecule has 0 aliphatic carbocycles. The van der Waals surface area contributed by atoms with Gasteiger partial charge in [-0.15, -0.1) is 11.3 Å². The van der Waals surface area contributed by atoms with E-state index in [-0.39, 0.29) is 5.54 Å². The van der Waals surface area contributed by atoms with E-state index in [4.69, 9.17) is 4.98 Å². The average Bonchev–Trinajstić information content (AvgIpc) is 2.77. The smallest absolute Gasteiger partial charge is 0.185 e. The average molecular weight is 298 g/mol. The first-order valence-electron chi connectivity index (χ1n) is 7.63. The molecule has 0 saturated carbocycles. The molecule has 0 aliphatic rings. The number of hydrogen-bond donors (Lipinski definition) is 1. The maximum atomic E-state index is 4.91. The monoisotopic (exact) mass is 297 g/mol. The molecule has 116 valence electrons. The summed E-state index contributed by atoms with van der Waals surface area (Å²) in [7, 11) is 2.13. The zero-order valence-electron chi connectivity index (χ0n) is 14.4. The van der Waals surface area contributed by atoms with Crippen LogP contribution in [0.1, 0.15) is 71.4 Å². The molecule has 20 heavy (non-hydrogen) atoms. The van der Waals surface area contributed by atoms with Crippen molar-refractivity contribution in [3.05, 3.63) is 10.6 Å². The summed E-state index contributed by atoms with van der Waals surface area (Å²) < 4.78 is 0. The number of nitrogens with zero attached hydrogens (tertiary/aromatic N) is 2. The topological polar surface area (TPSA) is 28.2 Å². The van der Waals surface area contributed by atoms with Gasteiger partial charge in [0.15, 0.2) is 5.13 Å². The Balaban J connectivity index is 3.00. The molecule has 1 heterocycles. The Morgan fingerprint density at radius 1 is 1.25 bits per heavy atom. The summed E-state index contributed by atoms with van der Waals surface area (Å²) in [5.41, 5.74) is 1.41. The molecule has 0 amide bonds. The highest BCUT2D eigenvalue weighted by atomic mass is 32.1. The summed E-state index contributed by atoms with van der Waals surface area (Å²) in [4.78, 5) is 8.55. The fourth-order valence-corrected chi connectivity index (χ4v) is 2.99. The van der Waals surface area contributed by atoms with Gasteiger partial charge in [-0.05, 0) is 47.0 Å². The highest BCUT2D eigenvalue weighted by Gasteiger charge is 2.20. The zero-order valence-corrected chi connectivity index (χ0v) is 15.2. The van der Waals surface area contributed by atoms with E-state index in [0.717, 1.165) is 18.1 Å². The van der Waals surface area contributed by atoms with E-state index >= 15 is 0 Å². The van der Waals surface area contributed by atoms with Crippen molar-refractivity contribution in [3.8, 4) is 0 Å². The first-order chi connectivity index (χ1) is 9.15. The molecule has 0 saturated heterocycles. The van der Waals surface area contributed by atoms with Crippen LogP contribution in [0.2, 0.25) is 0 Å². The van der Waals surface area contributed by atoms with Gasteiger partial charge in [-0.25, -0.2) is 4.98 Å². The Labute approximate surface area is 128 Å². The summed E-state index contributed by atoms with van der Waals surface area (Å²) in [5.74, 6) is 0.525. The highest BCUT2D eigenvalue weighted by Crippen LogP contribution is 2.32. The van der Waals surface area contributed by atoms with Crippen LogP contribution in [-0.4, -0.2) is 23.6 Å². The summed E-state index contributed by atoms with van der Waals surface area (Å²) in [6.07, 6.45) is 1.14. The normalized spacial score (nSPS) is 13.8. The van der Waals surface area contributed by atoms with Crippen molar-refractivity contribution in [3.63, 3.8) is 0 Å². The van der Waals surface area contributed by atoms with E-state index in [2.05, 4.69) is 65.7 Å². The first kappa shape index (κ1) is 17.4. The lowest BCUT2D eigenvalue weighted by Gasteiger charge is -2.21. The maximum Gasteiger partial charge on any atom is 0.185 e. The van der Waals surface area contributed by atoms with Gasteiger partial charge in [-0.3, -0.25) is 0 Å². The number of nitrogens with one attached hydrogen (secondary N) is 1. The second kappa shape index (κ2) is 6.90. The van der Waals surface area contributed by atoms with Gasteiger partial charge in [-0.2, -0.15) is 0 Å². The molecule has 0 aromatic carbocycles. The minimum Gasteiger partial charge on any atom is -0.349 e. The third-order valence-corrected chi connectivity index (χ3v) is 4.81. The second-order valence-corrected chi connectivity index (χ2v) is 7.98. The molecule has 1 aromatic rings. The molecule has 1 N–H and O–H groups in total. The molecular weight excluding hydrogens is 266 g/mol. The van der Waals surface area contributed by atoms with E-state index in [1.165, 1.54) is 10.6 Å². The first-order valence-corrected chi connectivity index (χ1v) is 8.44. The van der Waals surface area contributed by atoms with Crippen molar-refractivity contribution < 1.29 is 0 Å². The summed E-state index contributed by atoms with van der Waals surface area (Å²) in [6, 6.07) is 0.481. The lowest BCUT2D eigenvalue weighted by molar-refractivity contribution is 0.424. The number of rotatable bonds is 6. The summed E-state index contributed by atoms with van der Waals surface area (Å²) in [5, 5.41) is 4.73. The quantitative estimate of drug-likeness (QED) is 0.844. The van der Waals surface area contributed by atoms with Crippen LogP contribution in [0.4, 0.5) is 5.13 Å². The Kier molecular flexibility index (Phi) is 6.02. The van der Waals surface area contributed by atoms with Crippen molar-refractivity contribution in [1.29, 1.82) is 0 Å². The van der Waals surface area contributed by atoms with Crippen molar-refractivity contribution in [2.75, 3.05) is 11.9 Å². The molecule has 0 spiro atoms. The van der Waals surface area contributed by atoms with Crippen LogP contribution in [0.3, 0.4) is 0 Å². The van der Waals surface area contributed by atoms with Crippen molar-refractivity contribution in [2.45, 2.75) is 78.9 Å². The number of thiazole rings is 1. The molecule has 4 heteroatoms. The van der Waals surface area contributed by atoms with Gasteiger partial charge in [0.25, 0.3) is 0 Å². The Morgan fingerprint density at radius 3 is 2.30 bits per heavy atom. The van der Waals surface area contributed by atoms with Crippen LogP contribution in [0.25, 0.3) is 0 Å². The SMILES string of the molecule is CCC(C)c1nc(N(C)C(C)C)sc1CNC(C)(C)C. The van der Waals surface area contributed by atoms with E-state index in [9.17, 15) is 0 Å². The fraction of sp³-hybridized carbons (Fsp3) is 0.812. The largest absolute Gasteiger partial charge is 0.349 e. The number of aromatic nitrogens is 1.